The van der Waals surface area contributed by atoms with Crippen LogP contribution in [0.4, 0.5) is 13.2 Å². The quantitative estimate of drug-likeness (QED) is 0.806. The highest BCUT2D eigenvalue weighted by Crippen LogP contribution is 2.23. The number of amides is 1. The molecule has 0 aliphatic rings. The number of carbonyl (C=O) groups is 2. The van der Waals surface area contributed by atoms with Gasteiger partial charge in [-0.2, -0.15) is 13.2 Å². The molecule has 7 heteroatoms. The molecule has 0 rings (SSSR count). The second-order valence-corrected chi connectivity index (χ2v) is 5.03. The summed E-state index contributed by atoms with van der Waals surface area (Å²) in [7, 11) is 0. The molecule has 0 saturated heterocycles. The van der Waals surface area contributed by atoms with Crippen molar-refractivity contribution in [2.24, 2.45) is 5.41 Å². The van der Waals surface area contributed by atoms with Crippen LogP contribution in [0.3, 0.4) is 0 Å². The molecule has 0 aromatic heterocycles. The number of carboxylic acids is 1. The fraction of sp³-hybridized carbons (Fsp3) is 0.800. The van der Waals surface area contributed by atoms with Crippen molar-refractivity contribution in [1.82, 2.24) is 5.32 Å². The summed E-state index contributed by atoms with van der Waals surface area (Å²) in [6.45, 7) is 5.25. The standard InChI is InChI=1S/C10H16F3NO3/c1-9(2,3)5-6(4-7(15)16)14-8(17)10(11,12)13/h6H,4-5H2,1-3H3,(H,14,17)(H,15,16). The van der Waals surface area contributed by atoms with Crippen molar-refractivity contribution < 1.29 is 27.9 Å². The van der Waals surface area contributed by atoms with E-state index in [0.29, 0.717) is 0 Å². The van der Waals surface area contributed by atoms with Crippen LogP contribution in [0, 0.1) is 5.41 Å². The van der Waals surface area contributed by atoms with Crippen LogP contribution >= 0.6 is 0 Å². The van der Waals surface area contributed by atoms with Crippen LogP contribution in [0.1, 0.15) is 33.6 Å². The first kappa shape index (κ1) is 15.7. The Morgan fingerprint density at radius 1 is 1.24 bits per heavy atom. The van der Waals surface area contributed by atoms with E-state index >= 15 is 0 Å². The minimum absolute atomic E-state index is 0.154. The lowest BCUT2D eigenvalue weighted by molar-refractivity contribution is -0.174. The third kappa shape index (κ3) is 7.59. The Morgan fingerprint density at radius 3 is 2.00 bits per heavy atom. The summed E-state index contributed by atoms with van der Waals surface area (Å²) in [5.41, 5.74) is -0.376. The van der Waals surface area contributed by atoms with Crippen molar-refractivity contribution >= 4 is 11.9 Å². The van der Waals surface area contributed by atoms with Crippen LogP contribution in [0.2, 0.25) is 0 Å². The van der Waals surface area contributed by atoms with Gasteiger partial charge in [0.05, 0.1) is 6.42 Å². The van der Waals surface area contributed by atoms with Crippen molar-refractivity contribution in [1.29, 1.82) is 0 Å². The largest absolute Gasteiger partial charge is 0.481 e. The Morgan fingerprint density at radius 2 is 1.71 bits per heavy atom. The number of carbonyl (C=O) groups excluding carboxylic acids is 1. The van der Waals surface area contributed by atoms with E-state index in [-0.39, 0.29) is 11.8 Å². The number of nitrogens with one attached hydrogen (secondary N) is 1. The highest BCUT2D eigenvalue weighted by atomic mass is 19.4. The van der Waals surface area contributed by atoms with Crippen molar-refractivity contribution in [3.63, 3.8) is 0 Å². The molecule has 1 amide bonds. The minimum atomic E-state index is -4.99. The molecular weight excluding hydrogens is 239 g/mol. The Labute approximate surface area is 97.2 Å². The lowest BCUT2D eigenvalue weighted by Crippen LogP contribution is -2.45. The van der Waals surface area contributed by atoms with E-state index in [9.17, 15) is 22.8 Å². The van der Waals surface area contributed by atoms with Crippen molar-refractivity contribution in [3.8, 4) is 0 Å². The molecule has 0 aromatic carbocycles. The van der Waals surface area contributed by atoms with E-state index in [2.05, 4.69) is 0 Å². The monoisotopic (exact) mass is 255 g/mol. The summed E-state index contributed by atoms with van der Waals surface area (Å²) in [4.78, 5) is 21.2. The van der Waals surface area contributed by atoms with Gasteiger partial charge in [0.15, 0.2) is 0 Å². The summed E-state index contributed by atoms with van der Waals surface area (Å²) in [5, 5.41) is 10.3. The molecule has 0 aromatic rings. The van der Waals surface area contributed by atoms with E-state index in [4.69, 9.17) is 5.11 Å². The topological polar surface area (TPSA) is 66.4 Å². The van der Waals surface area contributed by atoms with Gasteiger partial charge in [0.1, 0.15) is 0 Å². The smallest absolute Gasteiger partial charge is 0.471 e. The van der Waals surface area contributed by atoms with Crippen LogP contribution in [0.5, 0.6) is 0 Å². The maximum absolute atomic E-state index is 12.0. The van der Waals surface area contributed by atoms with E-state index < -0.39 is 30.5 Å². The van der Waals surface area contributed by atoms with Crippen molar-refractivity contribution in [2.45, 2.75) is 45.8 Å². The maximum Gasteiger partial charge on any atom is 0.471 e. The van der Waals surface area contributed by atoms with Crippen molar-refractivity contribution in [2.75, 3.05) is 0 Å². The molecule has 0 aliphatic heterocycles. The fourth-order valence-electron chi connectivity index (χ4n) is 1.39. The molecule has 2 N–H and O–H groups in total. The predicted octanol–water partition coefficient (Wildman–Crippen LogP) is 1.94. The highest BCUT2D eigenvalue weighted by molar-refractivity contribution is 5.82. The Bertz CT molecular complexity index is 294. The first-order chi connectivity index (χ1) is 7.42. The van der Waals surface area contributed by atoms with Gasteiger partial charge in [-0.15, -0.1) is 0 Å². The second-order valence-electron chi connectivity index (χ2n) is 5.03. The second kappa shape index (κ2) is 5.37. The summed E-state index contributed by atoms with van der Waals surface area (Å²) in [6.07, 6.45) is -5.37. The first-order valence-electron chi connectivity index (χ1n) is 5.01. The predicted molar refractivity (Wildman–Crippen MR) is 54.3 cm³/mol. The van der Waals surface area contributed by atoms with Gasteiger partial charge in [-0.25, -0.2) is 0 Å². The average Bonchev–Trinajstić information content (AvgIpc) is 1.96. The normalized spacial score (nSPS) is 14.2. The average molecular weight is 255 g/mol. The molecule has 0 radical (unpaired) electrons. The molecule has 0 heterocycles. The van der Waals surface area contributed by atoms with Crippen LogP contribution < -0.4 is 5.32 Å². The zero-order chi connectivity index (χ0) is 13.9. The third-order valence-corrected chi connectivity index (χ3v) is 1.87. The molecule has 100 valence electrons. The molecule has 4 nitrogen and oxygen atoms in total. The first-order valence-corrected chi connectivity index (χ1v) is 5.01. The van der Waals surface area contributed by atoms with Gasteiger partial charge in [0.25, 0.3) is 0 Å². The van der Waals surface area contributed by atoms with Crippen LogP contribution in [-0.2, 0) is 9.59 Å². The number of alkyl halides is 3. The molecule has 1 unspecified atom stereocenters. The fourth-order valence-corrected chi connectivity index (χ4v) is 1.39. The Balaban J connectivity index is 4.60. The number of rotatable bonds is 4. The highest BCUT2D eigenvalue weighted by Gasteiger charge is 2.40. The van der Waals surface area contributed by atoms with Gasteiger partial charge in [-0.1, -0.05) is 20.8 Å². The minimum Gasteiger partial charge on any atom is -0.481 e. The lowest BCUT2D eigenvalue weighted by Gasteiger charge is -2.26. The maximum atomic E-state index is 12.0. The number of carboxylic acid groups (broad SMARTS) is 1. The Hall–Kier alpha value is -1.27. The molecule has 0 bridgehead atoms. The van der Waals surface area contributed by atoms with Crippen molar-refractivity contribution in [3.05, 3.63) is 0 Å². The number of hydrogen-bond acceptors (Lipinski definition) is 2. The number of halogens is 3. The Kier molecular flexibility index (Phi) is 4.97. The van der Waals surface area contributed by atoms with Gasteiger partial charge in [-0.3, -0.25) is 9.59 Å². The summed E-state index contributed by atoms with van der Waals surface area (Å²) in [6, 6.07) is -1.03. The molecule has 17 heavy (non-hydrogen) atoms. The zero-order valence-corrected chi connectivity index (χ0v) is 9.89. The SMILES string of the molecule is CC(C)(C)CC(CC(=O)O)NC(=O)C(F)(F)F. The molecule has 0 spiro atoms. The van der Waals surface area contributed by atoms with E-state index in [1.807, 2.05) is 0 Å². The van der Waals surface area contributed by atoms with E-state index in [1.54, 1.807) is 26.1 Å². The molecule has 0 saturated carbocycles. The summed E-state index contributed by atoms with van der Waals surface area (Å²) >= 11 is 0. The molecule has 0 aliphatic carbocycles. The number of aliphatic carboxylic acids is 1. The van der Waals surface area contributed by atoms with E-state index in [0.717, 1.165) is 0 Å². The molecule has 1 atom stereocenters. The van der Waals surface area contributed by atoms with Gasteiger partial charge in [0.2, 0.25) is 0 Å². The summed E-state index contributed by atoms with van der Waals surface area (Å²) in [5.74, 6) is -3.35. The van der Waals surface area contributed by atoms with Gasteiger partial charge in [-0.05, 0) is 11.8 Å². The summed E-state index contributed by atoms with van der Waals surface area (Å²) < 4.78 is 36.1. The van der Waals surface area contributed by atoms with Crippen LogP contribution in [0.25, 0.3) is 0 Å². The van der Waals surface area contributed by atoms with Gasteiger partial charge >= 0.3 is 18.1 Å². The van der Waals surface area contributed by atoms with Crippen LogP contribution in [0.15, 0.2) is 0 Å². The molecule has 0 fully saturated rings. The van der Waals surface area contributed by atoms with E-state index in [1.165, 1.54) is 0 Å². The van der Waals surface area contributed by atoms with Gasteiger partial charge < -0.3 is 10.4 Å². The third-order valence-electron chi connectivity index (χ3n) is 1.87. The number of hydrogen-bond donors (Lipinski definition) is 2. The molecular formula is C10H16F3NO3. The van der Waals surface area contributed by atoms with Gasteiger partial charge in [0, 0.05) is 6.04 Å². The lowest BCUT2D eigenvalue weighted by atomic mass is 9.87. The zero-order valence-electron chi connectivity index (χ0n) is 9.89. The van der Waals surface area contributed by atoms with Crippen LogP contribution in [-0.4, -0.2) is 29.2 Å².